The van der Waals surface area contributed by atoms with Crippen LogP contribution in [-0.2, 0) is 0 Å². The van der Waals surface area contributed by atoms with E-state index >= 15 is 0 Å². The fourth-order valence-corrected chi connectivity index (χ4v) is 2.43. The van der Waals surface area contributed by atoms with Crippen LogP contribution in [0.1, 0.15) is 9.67 Å². The number of anilines is 1. The Morgan fingerprint density at radius 1 is 1.38 bits per heavy atom. The lowest BCUT2D eigenvalue weighted by Crippen LogP contribution is -2.21. The summed E-state index contributed by atoms with van der Waals surface area (Å²) in [7, 11) is 0. The van der Waals surface area contributed by atoms with Gasteiger partial charge in [-0.1, -0.05) is 28.9 Å². The summed E-state index contributed by atoms with van der Waals surface area (Å²) < 4.78 is 5.92. The molecule has 1 heterocycles. The highest BCUT2D eigenvalue weighted by Gasteiger charge is 2.12. The monoisotopic (exact) mass is 325 g/mol. The molecule has 0 unspecified atom stereocenters. The number of thiophene rings is 1. The van der Waals surface area contributed by atoms with Crippen LogP contribution < -0.4 is 15.8 Å². The number of hydrogen-bond acceptors (Lipinski definition) is 5. The number of hydrogen-bond donors (Lipinski definition) is 3. The van der Waals surface area contributed by atoms with Crippen molar-refractivity contribution < 1.29 is 14.7 Å². The van der Waals surface area contributed by atoms with Crippen molar-refractivity contribution >= 4 is 40.4 Å². The molecule has 21 heavy (non-hydrogen) atoms. The van der Waals surface area contributed by atoms with Crippen LogP contribution in [0.4, 0.5) is 5.69 Å². The maximum absolute atomic E-state index is 12.1. The SMILES string of the molecule is NC(COc1ccccc1NC(=O)c1ccc(Cl)s1)=NO. The van der Waals surface area contributed by atoms with Crippen LogP contribution in [-0.4, -0.2) is 23.6 Å². The van der Waals surface area contributed by atoms with E-state index in [9.17, 15) is 4.79 Å². The summed E-state index contributed by atoms with van der Waals surface area (Å²) in [5, 5.41) is 14.0. The molecule has 110 valence electrons. The van der Waals surface area contributed by atoms with Gasteiger partial charge >= 0.3 is 0 Å². The maximum atomic E-state index is 12.1. The van der Waals surface area contributed by atoms with Crippen molar-refractivity contribution in [1.29, 1.82) is 0 Å². The number of nitrogens with one attached hydrogen (secondary N) is 1. The number of carbonyl (C=O) groups excluding carboxylic acids is 1. The number of ether oxygens (including phenoxy) is 1. The molecule has 0 radical (unpaired) electrons. The van der Waals surface area contributed by atoms with E-state index in [2.05, 4.69) is 10.5 Å². The molecule has 0 saturated carbocycles. The number of oxime groups is 1. The first-order chi connectivity index (χ1) is 10.1. The molecular weight excluding hydrogens is 314 g/mol. The maximum Gasteiger partial charge on any atom is 0.265 e. The molecule has 0 bridgehead atoms. The minimum absolute atomic E-state index is 0.0684. The number of amides is 1. The fraction of sp³-hybridized carbons (Fsp3) is 0.0769. The van der Waals surface area contributed by atoms with Gasteiger partial charge in [-0.05, 0) is 24.3 Å². The highest BCUT2D eigenvalue weighted by atomic mass is 35.5. The van der Waals surface area contributed by atoms with Gasteiger partial charge < -0.3 is 21.0 Å². The predicted octanol–water partition coefficient (Wildman–Crippen LogP) is 2.78. The van der Waals surface area contributed by atoms with Crippen LogP contribution in [0.15, 0.2) is 41.6 Å². The van der Waals surface area contributed by atoms with E-state index in [0.717, 1.165) is 0 Å². The number of benzene rings is 1. The van der Waals surface area contributed by atoms with Gasteiger partial charge in [0.1, 0.15) is 12.4 Å². The van der Waals surface area contributed by atoms with E-state index in [1.165, 1.54) is 11.3 Å². The van der Waals surface area contributed by atoms with Crippen molar-refractivity contribution in [1.82, 2.24) is 0 Å². The van der Waals surface area contributed by atoms with E-state index in [4.69, 9.17) is 27.3 Å². The van der Waals surface area contributed by atoms with Crippen LogP contribution >= 0.6 is 22.9 Å². The van der Waals surface area contributed by atoms with Crippen LogP contribution in [0, 0.1) is 0 Å². The van der Waals surface area contributed by atoms with Crippen molar-refractivity contribution in [3.63, 3.8) is 0 Å². The molecule has 8 heteroatoms. The first-order valence-electron chi connectivity index (χ1n) is 5.85. The molecule has 2 aromatic rings. The molecule has 2 rings (SSSR count). The number of nitrogens with two attached hydrogens (primary N) is 1. The summed E-state index contributed by atoms with van der Waals surface area (Å²) in [6, 6.07) is 10.2. The third-order valence-corrected chi connectivity index (χ3v) is 3.67. The molecule has 0 atom stereocenters. The summed E-state index contributed by atoms with van der Waals surface area (Å²) in [5.41, 5.74) is 5.82. The van der Waals surface area contributed by atoms with Gasteiger partial charge in [0.25, 0.3) is 5.91 Å². The minimum atomic E-state index is -0.285. The fourth-order valence-electron chi connectivity index (χ4n) is 1.50. The van der Waals surface area contributed by atoms with E-state index in [1.54, 1.807) is 36.4 Å². The Hall–Kier alpha value is -2.25. The van der Waals surface area contributed by atoms with E-state index < -0.39 is 0 Å². The van der Waals surface area contributed by atoms with Gasteiger partial charge in [0.15, 0.2) is 5.84 Å². The topological polar surface area (TPSA) is 96.9 Å². The van der Waals surface area contributed by atoms with E-state index in [1.807, 2.05) is 0 Å². The third-order valence-electron chi connectivity index (χ3n) is 2.44. The molecule has 6 nitrogen and oxygen atoms in total. The van der Waals surface area contributed by atoms with Gasteiger partial charge in [0.05, 0.1) is 14.9 Å². The summed E-state index contributed by atoms with van der Waals surface area (Å²) in [5.74, 6) is 0.0630. The Labute approximate surface area is 129 Å². The zero-order valence-electron chi connectivity index (χ0n) is 10.7. The molecule has 1 aromatic heterocycles. The molecule has 0 saturated heterocycles. The van der Waals surface area contributed by atoms with Crippen LogP contribution in [0.2, 0.25) is 4.34 Å². The van der Waals surface area contributed by atoms with Crippen LogP contribution in [0.3, 0.4) is 0 Å². The number of carbonyl (C=O) groups is 1. The second-order valence-corrected chi connectivity index (χ2v) is 5.65. The van der Waals surface area contributed by atoms with Gasteiger partial charge in [-0.25, -0.2) is 0 Å². The predicted molar refractivity (Wildman–Crippen MR) is 82.6 cm³/mol. The van der Waals surface area contributed by atoms with Gasteiger partial charge in [0.2, 0.25) is 0 Å². The Morgan fingerprint density at radius 2 is 2.14 bits per heavy atom. The molecule has 0 fully saturated rings. The zero-order chi connectivity index (χ0) is 15.2. The molecule has 0 aliphatic heterocycles. The van der Waals surface area contributed by atoms with E-state index in [0.29, 0.717) is 20.7 Å². The van der Waals surface area contributed by atoms with Crippen molar-refractivity contribution in [3.05, 3.63) is 45.6 Å². The summed E-state index contributed by atoms with van der Waals surface area (Å²) in [4.78, 5) is 12.6. The number of para-hydroxylation sites is 2. The average Bonchev–Trinajstić information content (AvgIpc) is 2.92. The summed E-state index contributed by atoms with van der Waals surface area (Å²) in [6.07, 6.45) is 0. The third kappa shape index (κ3) is 4.11. The standard InChI is InChI=1S/C13H12ClN3O3S/c14-11-6-5-10(21-11)13(18)16-8-3-1-2-4-9(8)20-7-12(15)17-19/h1-6,19H,7H2,(H2,15,17)(H,16,18). The molecule has 0 spiro atoms. The Bertz CT molecular complexity index is 672. The van der Waals surface area contributed by atoms with Gasteiger partial charge in [-0.2, -0.15) is 0 Å². The molecular formula is C13H12ClN3O3S. The highest BCUT2D eigenvalue weighted by molar-refractivity contribution is 7.18. The number of rotatable bonds is 5. The van der Waals surface area contributed by atoms with Gasteiger partial charge in [-0.3, -0.25) is 4.79 Å². The smallest absolute Gasteiger partial charge is 0.265 e. The zero-order valence-corrected chi connectivity index (χ0v) is 12.3. The molecule has 1 amide bonds. The van der Waals surface area contributed by atoms with Crippen molar-refractivity contribution in [3.8, 4) is 5.75 Å². The molecule has 4 N–H and O–H groups in total. The van der Waals surface area contributed by atoms with Crippen LogP contribution in [0.25, 0.3) is 0 Å². The Balaban J connectivity index is 2.11. The first-order valence-corrected chi connectivity index (χ1v) is 7.04. The van der Waals surface area contributed by atoms with E-state index in [-0.39, 0.29) is 18.3 Å². The number of halogens is 1. The highest BCUT2D eigenvalue weighted by Crippen LogP contribution is 2.26. The normalized spacial score (nSPS) is 11.2. The quantitative estimate of drug-likeness (QED) is 0.341. The molecule has 1 aromatic carbocycles. The number of amidine groups is 1. The first kappa shape index (κ1) is 15.1. The van der Waals surface area contributed by atoms with Crippen molar-refractivity contribution in [2.45, 2.75) is 0 Å². The lowest BCUT2D eigenvalue weighted by atomic mass is 10.3. The summed E-state index contributed by atoms with van der Waals surface area (Å²) in [6.45, 7) is -0.0891. The average molecular weight is 326 g/mol. The number of nitrogens with zero attached hydrogens (tertiary/aromatic N) is 1. The van der Waals surface area contributed by atoms with Crippen molar-refractivity contribution in [2.24, 2.45) is 10.9 Å². The van der Waals surface area contributed by atoms with Gasteiger partial charge in [0, 0.05) is 0 Å². The van der Waals surface area contributed by atoms with Gasteiger partial charge in [-0.15, -0.1) is 11.3 Å². The van der Waals surface area contributed by atoms with Crippen LogP contribution in [0.5, 0.6) is 5.75 Å². The second kappa shape index (κ2) is 6.96. The largest absolute Gasteiger partial charge is 0.483 e. The van der Waals surface area contributed by atoms with Crippen molar-refractivity contribution in [2.75, 3.05) is 11.9 Å². The Morgan fingerprint density at radius 3 is 2.81 bits per heavy atom. The second-order valence-electron chi connectivity index (χ2n) is 3.93. The molecule has 0 aliphatic rings. The minimum Gasteiger partial charge on any atom is -0.483 e. The lowest BCUT2D eigenvalue weighted by molar-refractivity contribution is 0.103. The summed E-state index contributed by atoms with van der Waals surface area (Å²) >= 11 is 6.99. The Kier molecular flexibility index (Phi) is 5.02. The molecule has 0 aliphatic carbocycles. The lowest BCUT2D eigenvalue weighted by Gasteiger charge is -2.11.